The minimum atomic E-state index is 0.826. The molecule has 1 aromatic carbocycles. The minimum absolute atomic E-state index is 0.826. The third-order valence-corrected chi connectivity index (χ3v) is 1.16. The molecule has 0 N–H and O–H groups in total. The molecule has 0 aliphatic heterocycles. The van der Waals surface area contributed by atoms with Gasteiger partial charge >= 0.3 is 0 Å². The lowest BCUT2D eigenvalue weighted by Crippen LogP contribution is -1.76. The van der Waals surface area contributed by atoms with Crippen molar-refractivity contribution in [1.29, 1.82) is 0 Å². The number of rotatable bonds is 4. The third kappa shape index (κ3) is 6.73. The maximum Gasteiger partial charge on any atom is 0.126 e. The fraction of sp³-hybridized carbons (Fsp3) is 0. The highest BCUT2D eigenvalue weighted by Crippen LogP contribution is 2.07. The van der Waals surface area contributed by atoms with Crippen LogP contribution in [0.5, 0.6) is 5.75 Å². The standard InChI is InChI=1S/C8H8O.C4H6O/c1-2-9-8-6-4-3-5-7-8;1-3-5-4-2/h2-7H,1H2;3-4H,1-2H2. The van der Waals surface area contributed by atoms with E-state index in [0.717, 1.165) is 5.75 Å². The van der Waals surface area contributed by atoms with Crippen molar-refractivity contribution in [2.24, 2.45) is 0 Å². The lowest BCUT2D eigenvalue weighted by Gasteiger charge is -1.95. The lowest BCUT2D eigenvalue weighted by atomic mass is 10.3. The molecule has 0 aliphatic rings. The van der Waals surface area contributed by atoms with Crippen molar-refractivity contribution < 1.29 is 9.47 Å². The van der Waals surface area contributed by atoms with Gasteiger partial charge in [0.25, 0.3) is 0 Å². The zero-order chi connectivity index (χ0) is 10.6. The molecule has 0 bridgehead atoms. The molecule has 0 saturated carbocycles. The molecule has 1 aromatic rings. The summed E-state index contributed by atoms with van der Waals surface area (Å²) in [5.74, 6) is 0.826. The molecule has 0 saturated heterocycles. The molecule has 14 heavy (non-hydrogen) atoms. The van der Waals surface area contributed by atoms with Gasteiger partial charge in [0.05, 0.1) is 18.8 Å². The summed E-state index contributed by atoms with van der Waals surface area (Å²) >= 11 is 0. The van der Waals surface area contributed by atoms with Crippen molar-refractivity contribution in [2.75, 3.05) is 0 Å². The van der Waals surface area contributed by atoms with E-state index in [9.17, 15) is 0 Å². The topological polar surface area (TPSA) is 18.5 Å². The van der Waals surface area contributed by atoms with Gasteiger partial charge in [-0.3, -0.25) is 0 Å². The van der Waals surface area contributed by atoms with Gasteiger partial charge in [-0.2, -0.15) is 0 Å². The molecule has 0 spiro atoms. The number of benzene rings is 1. The highest BCUT2D eigenvalue weighted by atomic mass is 16.5. The van der Waals surface area contributed by atoms with E-state index >= 15 is 0 Å². The highest BCUT2D eigenvalue weighted by Gasteiger charge is 1.82. The van der Waals surface area contributed by atoms with Crippen LogP contribution in [0.15, 0.2) is 68.9 Å². The van der Waals surface area contributed by atoms with Gasteiger partial charge in [-0.15, -0.1) is 0 Å². The molecule has 0 aromatic heterocycles. The number of ether oxygens (including phenoxy) is 2. The maximum absolute atomic E-state index is 4.97. The zero-order valence-electron chi connectivity index (χ0n) is 8.06. The highest BCUT2D eigenvalue weighted by molar-refractivity contribution is 5.21. The van der Waals surface area contributed by atoms with Crippen LogP contribution in [0.25, 0.3) is 0 Å². The van der Waals surface area contributed by atoms with Gasteiger partial charge in [0.1, 0.15) is 5.75 Å². The summed E-state index contributed by atoms with van der Waals surface area (Å²) in [4.78, 5) is 0. The van der Waals surface area contributed by atoms with Gasteiger partial charge in [-0.25, -0.2) is 0 Å². The van der Waals surface area contributed by atoms with Crippen LogP contribution in [0.3, 0.4) is 0 Å². The summed E-state index contributed by atoms with van der Waals surface area (Å²) in [7, 11) is 0. The first kappa shape index (κ1) is 12.0. The van der Waals surface area contributed by atoms with Crippen LogP contribution >= 0.6 is 0 Å². The molecule has 0 radical (unpaired) electrons. The average molecular weight is 190 g/mol. The minimum Gasteiger partial charge on any atom is -0.474 e. The largest absolute Gasteiger partial charge is 0.474 e. The van der Waals surface area contributed by atoms with Crippen LogP contribution in [0.4, 0.5) is 0 Å². The first-order valence-corrected chi connectivity index (χ1v) is 4.05. The van der Waals surface area contributed by atoms with Crippen LogP contribution in [-0.4, -0.2) is 0 Å². The van der Waals surface area contributed by atoms with Gasteiger partial charge in [0, 0.05) is 0 Å². The third-order valence-electron chi connectivity index (χ3n) is 1.16. The molecular weight excluding hydrogens is 176 g/mol. The Balaban J connectivity index is 0.000000292. The molecule has 0 unspecified atom stereocenters. The molecule has 2 heteroatoms. The maximum atomic E-state index is 4.97. The van der Waals surface area contributed by atoms with Crippen molar-refractivity contribution in [3.05, 3.63) is 68.9 Å². The molecule has 0 atom stereocenters. The zero-order valence-corrected chi connectivity index (χ0v) is 8.06. The van der Waals surface area contributed by atoms with E-state index in [-0.39, 0.29) is 0 Å². The summed E-state index contributed by atoms with van der Waals surface area (Å²) in [6, 6.07) is 9.52. The second-order valence-corrected chi connectivity index (χ2v) is 2.07. The monoisotopic (exact) mass is 190 g/mol. The smallest absolute Gasteiger partial charge is 0.126 e. The Labute approximate surface area is 84.8 Å². The Kier molecular flexibility index (Phi) is 7.85. The Morgan fingerprint density at radius 1 is 0.857 bits per heavy atom. The van der Waals surface area contributed by atoms with Gasteiger partial charge in [0.15, 0.2) is 0 Å². The summed E-state index contributed by atoms with van der Waals surface area (Å²) in [5, 5.41) is 0. The quantitative estimate of drug-likeness (QED) is 0.676. The first-order chi connectivity index (χ1) is 6.85. The fourth-order valence-corrected chi connectivity index (χ4v) is 0.663. The van der Waals surface area contributed by atoms with Crippen molar-refractivity contribution in [2.45, 2.75) is 0 Å². The van der Waals surface area contributed by atoms with Crippen molar-refractivity contribution in [3.63, 3.8) is 0 Å². The molecule has 2 nitrogen and oxygen atoms in total. The second-order valence-electron chi connectivity index (χ2n) is 2.07. The molecule has 0 aliphatic carbocycles. The Hall–Kier alpha value is -1.96. The Morgan fingerprint density at radius 2 is 1.43 bits per heavy atom. The van der Waals surface area contributed by atoms with E-state index in [1.807, 2.05) is 30.3 Å². The van der Waals surface area contributed by atoms with Gasteiger partial charge in [0.2, 0.25) is 0 Å². The molecule has 0 fully saturated rings. The van der Waals surface area contributed by atoms with E-state index < -0.39 is 0 Å². The normalized spacial score (nSPS) is 7.43. The fourth-order valence-electron chi connectivity index (χ4n) is 0.663. The van der Waals surface area contributed by atoms with Crippen molar-refractivity contribution in [3.8, 4) is 5.75 Å². The SMILES string of the molecule is C=COC=C.C=COc1ccccc1. The molecule has 1 rings (SSSR count). The summed E-state index contributed by atoms with van der Waals surface area (Å²) in [6.07, 6.45) is 4.04. The van der Waals surface area contributed by atoms with E-state index in [1.165, 1.54) is 18.8 Å². The van der Waals surface area contributed by atoms with Crippen LogP contribution in [-0.2, 0) is 4.74 Å². The van der Waals surface area contributed by atoms with Crippen molar-refractivity contribution in [1.82, 2.24) is 0 Å². The Bertz CT molecular complexity index is 259. The van der Waals surface area contributed by atoms with Crippen LogP contribution in [0.2, 0.25) is 0 Å². The van der Waals surface area contributed by atoms with Crippen LogP contribution in [0, 0.1) is 0 Å². The van der Waals surface area contributed by atoms with Gasteiger partial charge in [-0.1, -0.05) is 37.9 Å². The van der Waals surface area contributed by atoms with Crippen molar-refractivity contribution >= 4 is 0 Å². The molecule has 74 valence electrons. The number of para-hydroxylation sites is 1. The van der Waals surface area contributed by atoms with Crippen LogP contribution in [0.1, 0.15) is 0 Å². The predicted molar refractivity (Wildman–Crippen MR) is 58.7 cm³/mol. The van der Waals surface area contributed by atoms with E-state index in [2.05, 4.69) is 24.5 Å². The van der Waals surface area contributed by atoms with E-state index in [4.69, 9.17) is 4.74 Å². The average Bonchev–Trinajstić information content (AvgIpc) is 2.22. The summed E-state index contributed by atoms with van der Waals surface area (Å²) in [6.45, 7) is 9.95. The Morgan fingerprint density at radius 3 is 1.79 bits per heavy atom. The number of hydrogen-bond acceptors (Lipinski definition) is 2. The molecule has 0 amide bonds. The lowest BCUT2D eigenvalue weighted by molar-refractivity contribution is 0.406. The van der Waals surface area contributed by atoms with E-state index in [1.54, 1.807) is 0 Å². The second kappa shape index (κ2) is 9.13. The van der Waals surface area contributed by atoms with Gasteiger partial charge < -0.3 is 9.47 Å². The predicted octanol–water partition coefficient (Wildman–Crippen LogP) is 3.50. The molecule has 0 heterocycles. The molecular formula is C12H14O2. The summed E-state index contributed by atoms with van der Waals surface area (Å²) in [5.41, 5.74) is 0. The first-order valence-electron chi connectivity index (χ1n) is 4.05. The van der Waals surface area contributed by atoms with Crippen LogP contribution < -0.4 is 4.74 Å². The number of hydrogen-bond donors (Lipinski definition) is 0. The summed E-state index contributed by atoms with van der Waals surface area (Å²) < 4.78 is 9.33. The van der Waals surface area contributed by atoms with Gasteiger partial charge in [-0.05, 0) is 12.1 Å². The van der Waals surface area contributed by atoms with E-state index in [0.29, 0.717) is 0 Å².